The highest BCUT2D eigenvalue weighted by atomic mass is 16.5. The van der Waals surface area contributed by atoms with E-state index in [1.165, 1.54) is 0 Å². The maximum atomic E-state index is 11.6. The number of allylic oxidation sites excluding steroid dienone is 1. The van der Waals surface area contributed by atoms with Crippen molar-refractivity contribution < 1.29 is 19.4 Å². The van der Waals surface area contributed by atoms with Crippen LogP contribution in [0.15, 0.2) is 43.0 Å². The second-order valence-corrected chi connectivity index (χ2v) is 6.46. The summed E-state index contributed by atoms with van der Waals surface area (Å²) in [5, 5.41) is 11.6. The fourth-order valence-electron chi connectivity index (χ4n) is 2.25. The molecule has 0 aliphatic heterocycles. The van der Waals surface area contributed by atoms with Crippen LogP contribution in [-0.2, 0) is 14.9 Å². The van der Waals surface area contributed by atoms with Gasteiger partial charge in [0.05, 0.1) is 6.04 Å². The van der Waals surface area contributed by atoms with E-state index >= 15 is 0 Å². The fourth-order valence-corrected chi connectivity index (χ4v) is 2.25. The lowest BCUT2D eigenvalue weighted by atomic mass is 9.77. The van der Waals surface area contributed by atoms with Crippen LogP contribution in [0.1, 0.15) is 38.8 Å². The van der Waals surface area contributed by atoms with Gasteiger partial charge in [0.2, 0.25) is 0 Å². The van der Waals surface area contributed by atoms with E-state index in [-0.39, 0.29) is 12.2 Å². The number of carbonyl (C=O) groups is 2. The first kappa shape index (κ1) is 19.5. The molecule has 5 nitrogen and oxygen atoms in total. The molecular weight excluding hydrogens is 306 g/mol. The van der Waals surface area contributed by atoms with Crippen LogP contribution in [0.5, 0.6) is 0 Å². The molecule has 0 aliphatic rings. The molecule has 130 valence electrons. The number of nitrogens with one attached hydrogen (secondary N) is 1. The van der Waals surface area contributed by atoms with Crippen LogP contribution < -0.4 is 5.32 Å². The Morgan fingerprint density at radius 2 is 1.92 bits per heavy atom. The van der Waals surface area contributed by atoms with E-state index in [9.17, 15) is 9.59 Å². The first-order valence-electron chi connectivity index (χ1n) is 7.64. The molecule has 0 saturated carbocycles. The van der Waals surface area contributed by atoms with Gasteiger partial charge in [-0.25, -0.2) is 9.59 Å². The summed E-state index contributed by atoms with van der Waals surface area (Å²) in [5.41, 5.74) is 2.50. The highest BCUT2D eigenvalue weighted by Crippen LogP contribution is 2.29. The Bertz CT molecular complexity index is 661. The van der Waals surface area contributed by atoms with Gasteiger partial charge in [-0.05, 0) is 25.0 Å². The van der Waals surface area contributed by atoms with Crippen molar-refractivity contribution in [3.8, 4) is 0 Å². The van der Waals surface area contributed by atoms with Gasteiger partial charge in [0, 0.05) is 11.0 Å². The van der Waals surface area contributed by atoms with Crippen molar-refractivity contribution in [2.75, 3.05) is 6.61 Å². The van der Waals surface area contributed by atoms with E-state index in [4.69, 9.17) is 9.84 Å². The molecule has 0 aromatic heterocycles. The zero-order valence-corrected chi connectivity index (χ0v) is 14.7. The molecule has 0 saturated heterocycles. The highest BCUT2D eigenvalue weighted by Gasteiger charge is 2.34. The van der Waals surface area contributed by atoms with E-state index in [0.717, 1.165) is 16.7 Å². The molecule has 1 aromatic carbocycles. The lowest BCUT2D eigenvalue weighted by Crippen LogP contribution is -2.50. The van der Waals surface area contributed by atoms with Gasteiger partial charge >= 0.3 is 12.1 Å². The Kier molecular flexibility index (Phi) is 6.35. The smallest absolute Gasteiger partial charge is 0.405 e. The average Bonchev–Trinajstić information content (AvgIpc) is 2.50. The minimum Gasteiger partial charge on any atom is -0.465 e. The predicted molar refractivity (Wildman–Crippen MR) is 94.9 cm³/mol. The first-order chi connectivity index (χ1) is 11.1. The molecular formula is C19H25NO4. The van der Waals surface area contributed by atoms with Crippen molar-refractivity contribution in [1.29, 1.82) is 0 Å². The zero-order chi connectivity index (χ0) is 18.5. The Hall–Kier alpha value is -2.56. The summed E-state index contributed by atoms with van der Waals surface area (Å²) in [5.74, 6) is -0.543. The largest absolute Gasteiger partial charge is 0.465 e. The third kappa shape index (κ3) is 4.98. The maximum Gasteiger partial charge on any atom is 0.405 e. The average molecular weight is 331 g/mol. The summed E-state index contributed by atoms with van der Waals surface area (Å²) in [6.45, 7) is 14.6. The van der Waals surface area contributed by atoms with Crippen molar-refractivity contribution in [3.05, 3.63) is 54.1 Å². The molecule has 0 fully saturated rings. The van der Waals surface area contributed by atoms with Gasteiger partial charge in [-0.2, -0.15) is 0 Å². The Morgan fingerprint density at radius 1 is 1.29 bits per heavy atom. The highest BCUT2D eigenvalue weighted by molar-refractivity contribution is 5.87. The Labute approximate surface area is 143 Å². The molecule has 1 atom stereocenters. The van der Waals surface area contributed by atoms with E-state index in [1.807, 2.05) is 45.0 Å². The van der Waals surface area contributed by atoms with Gasteiger partial charge in [0.15, 0.2) is 0 Å². The number of esters is 1. The molecule has 1 unspecified atom stereocenters. The summed E-state index contributed by atoms with van der Waals surface area (Å²) < 4.78 is 5.17. The van der Waals surface area contributed by atoms with Crippen LogP contribution in [0.4, 0.5) is 4.79 Å². The molecule has 1 aromatic rings. The molecule has 1 amide bonds. The SMILES string of the molecule is C=C(C)C(=O)OCC(NC(=O)O)C(C)(C)c1cccc(C(=C)C)c1. The molecule has 0 aliphatic carbocycles. The molecule has 1 rings (SSSR count). The maximum absolute atomic E-state index is 11.6. The molecule has 0 heterocycles. The number of benzene rings is 1. The second kappa shape index (κ2) is 7.81. The number of amides is 1. The van der Waals surface area contributed by atoms with Gasteiger partial charge in [-0.3, -0.25) is 0 Å². The van der Waals surface area contributed by atoms with Crippen LogP contribution >= 0.6 is 0 Å². The topological polar surface area (TPSA) is 75.6 Å². The minimum absolute atomic E-state index is 0.0811. The molecule has 2 N–H and O–H groups in total. The molecule has 0 bridgehead atoms. The van der Waals surface area contributed by atoms with Crippen molar-refractivity contribution in [2.45, 2.75) is 39.2 Å². The summed E-state index contributed by atoms with van der Waals surface area (Å²) >= 11 is 0. The molecule has 0 radical (unpaired) electrons. The fraction of sp³-hybridized carbons (Fsp3) is 0.368. The van der Waals surface area contributed by atoms with Crippen molar-refractivity contribution in [3.63, 3.8) is 0 Å². The standard InChI is InChI=1S/C19H25NO4/c1-12(2)14-8-7-9-15(10-14)19(5,6)16(20-18(22)23)11-24-17(21)13(3)4/h7-10,16,20H,1,3,11H2,2,4-6H3,(H,22,23). The number of ether oxygens (including phenoxy) is 1. The van der Waals surface area contributed by atoms with Crippen molar-refractivity contribution in [1.82, 2.24) is 5.32 Å². The van der Waals surface area contributed by atoms with Crippen LogP contribution in [0, 0.1) is 0 Å². The minimum atomic E-state index is -1.17. The van der Waals surface area contributed by atoms with Crippen LogP contribution in [0.2, 0.25) is 0 Å². The van der Waals surface area contributed by atoms with Gasteiger partial charge in [0.25, 0.3) is 0 Å². The van der Waals surface area contributed by atoms with Crippen LogP contribution in [0.25, 0.3) is 5.57 Å². The first-order valence-corrected chi connectivity index (χ1v) is 7.64. The summed E-state index contributed by atoms with van der Waals surface area (Å²) in [4.78, 5) is 22.8. The Morgan fingerprint density at radius 3 is 2.42 bits per heavy atom. The second-order valence-electron chi connectivity index (χ2n) is 6.46. The van der Waals surface area contributed by atoms with E-state index in [2.05, 4.69) is 18.5 Å². The van der Waals surface area contributed by atoms with Gasteiger partial charge < -0.3 is 15.2 Å². The molecule has 5 heteroatoms. The van der Waals surface area contributed by atoms with E-state index < -0.39 is 23.5 Å². The molecule has 0 spiro atoms. The van der Waals surface area contributed by atoms with Crippen molar-refractivity contribution >= 4 is 17.6 Å². The molecule has 24 heavy (non-hydrogen) atoms. The quantitative estimate of drug-likeness (QED) is 0.589. The lowest BCUT2D eigenvalue weighted by Gasteiger charge is -2.34. The summed E-state index contributed by atoms with van der Waals surface area (Å²) in [6, 6.07) is 7.13. The van der Waals surface area contributed by atoms with Gasteiger partial charge in [-0.15, -0.1) is 0 Å². The number of carbonyl (C=O) groups excluding carboxylic acids is 1. The monoisotopic (exact) mass is 331 g/mol. The number of rotatable bonds is 7. The number of carboxylic acid groups (broad SMARTS) is 1. The third-order valence-electron chi connectivity index (χ3n) is 4.00. The predicted octanol–water partition coefficient (Wildman–Crippen LogP) is 3.75. The van der Waals surface area contributed by atoms with Gasteiger partial charge in [-0.1, -0.05) is 56.8 Å². The summed E-state index contributed by atoms with van der Waals surface area (Å²) in [6.07, 6.45) is -1.17. The van der Waals surface area contributed by atoms with Crippen LogP contribution in [0.3, 0.4) is 0 Å². The van der Waals surface area contributed by atoms with E-state index in [0.29, 0.717) is 0 Å². The van der Waals surface area contributed by atoms with Gasteiger partial charge in [0.1, 0.15) is 6.61 Å². The van der Waals surface area contributed by atoms with E-state index in [1.54, 1.807) is 6.92 Å². The number of hydrogen-bond acceptors (Lipinski definition) is 3. The lowest BCUT2D eigenvalue weighted by molar-refractivity contribution is -0.140. The normalized spacial score (nSPS) is 12.2. The Balaban J connectivity index is 3.11. The third-order valence-corrected chi connectivity index (χ3v) is 4.00. The zero-order valence-electron chi connectivity index (χ0n) is 14.7. The van der Waals surface area contributed by atoms with Crippen molar-refractivity contribution in [2.24, 2.45) is 0 Å². The summed E-state index contributed by atoms with van der Waals surface area (Å²) in [7, 11) is 0. The van der Waals surface area contributed by atoms with Crippen LogP contribution in [-0.4, -0.2) is 29.8 Å². The number of hydrogen-bond donors (Lipinski definition) is 2.